The first-order valence-electron chi connectivity index (χ1n) is 8.54. The summed E-state index contributed by atoms with van der Waals surface area (Å²) in [6, 6.07) is 15.3. The molecule has 3 aromatic rings. The summed E-state index contributed by atoms with van der Waals surface area (Å²) in [6.07, 6.45) is -2.75. The number of nitrogens with one attached hydrogen (secondary N) is 2. The molecule has 1 atom stereocenters. The molecule has 146 valence electrons. The predicted octanol–water partition coefficient (Wildman–Crippen LogP) is 4.51. The summed E-state index contributed by atoms with van der Waals surface area (Å²) in [7, 11) is 0. The summed E-state index contributed by atoms with van der Waals surface area (Å²) >= 11 is 0. The van der Waals surface area contributed by atoms with Gasteiger partial charge in [-0.2, -0.15) is 13.2 Å². The molecule has 5 nitrogen and oxygen atoms in total. The fourth-order valence-corrected chi connectivity index (χ4v) is 2.56. The standard InChI is InChI=1S/C20H18F3N3O2/c1-13(19(27)25-12-20(21,22)23)26-15-7-9-16(10-8-15)28-17-6-2-4-14-5-3-11-24-18(14)17/h2-11,13,26H,12H2,1H3,(H,25,27). The minimum Gasteiger partial charge on any atom is -0.455 e. The summed E-state index contributed by atoms with van der Waals surface area (Å²) in [5.41, 5.74) is 1.32. The first-order valence-corrected chi connectivity index (χ1v) is 8.54. The molecule has 2 aromatic carbocycles. The van der Waals surface area contributed by atoms with Gasteiger partial charge in [0, 0.05) is 17.3 Å². The quantitative estimate of drug-likeness (QED) is 0.651. The number of halogens is 3. The van der Waals surface area contributed by atoms with Crippen LogP contribution in [-0.2, 0) is 4.79 Å². The Hall–Kier alpha value is -3.29. The number of benzene rings is 2. The zero-order chi connectivity index (χ0) is 20.1. The molecule has 3 rings (SSSR count). The zero-order valence-corrected chi connectivity index (χ0v) is 15.0. The Balaban J connectivity index is 1.62. The van der Waals surface area contributed by atoms with Gasteiger partial charge in [0.05, 0.1) is 0 Å². The van der Waals surface area contributed by atoms with Crippen LogP contribution in [0.5, 0.6) is 11.5 Å². The maximum atomic E-state index is 12.2. The van der Waals surface area contributed by atoms with E-state index in [0.717, 1.165) is 10.9 Å². The highest BCUT2D eigenvalue weighted by atomic mass is 19.4. The third-order valence-electron chi connectivity index (χ3n) is 3.92. The van der Waals surface area contributed by atoms with Crippen LogP contribution in [0.1, 0.15) is 6.92 Å². The second-order valence-corrected chi connectivity index (χ2v) is 6.16. The highest BCUT2D eigenvalue weighted by Gasteiger charge is 2.28. The van der Waals surface area contributed by atoms with Gasteiger partial charge in [-0.1, -0.05) is 18.2 Å². The third kappa shape index (κ3) is 5.12. The molecule has 0 aliphatic heterocycles. The van der Waals surface area contributed by atoms with Gasteiger partial charge in [-0.15, -0.1) is 0 Å². The van der Waals surface area contributed by atoms with Crippen molar-refractivity contribution in [3.8, 4) is 11.5 Å². The van der Waals surface area contributed by atoms with Gasteiger partial charge >= 0.3 is 6.18 Å². The molecule has 8 heteroatoms. The van der Waals surface area contributed by atoms with Gasteiger partial charge in [0.1, 0.15) is 23.9 Å². The number of hydrogen-bond donors (Lipinski definition) is 2. The Kier molecular flexibility index (Phi) is 5.67. The Labute approximate surface area is 159 Å². The minimum atomic E-state index is -4.44. The molecule has 0 aliphatic carbocycles. The van der Waals surface area contributed by atoms with E-state index < -0.39 is 24.7 Å². The van der Waals surface area contributed by atoms with Gasteiger partial charge in [-0.25, -0.2) is 0 Å². The van der Waals surface area contributed by atoms with Crippen LogP contribution in [0.3, 0.4) is 0 Å². The van der Waals surface area contributed by atoms with Crippen LogP contribution in [0.2, 0.25) is 0 Å². The van der Waals surface area contributed by atoms with Crippen LogP contribution in [0.4, 0.5) is 18.9 Å². The topological polar surface area (TPSA) is 63.2 Å². The van der Waals surface area contributed by atoms with Crippen molar-refractivity contribution in [2.75, 3.05) is 11.9 Å². The summed E-state index contributed by atoms with van der Waals surface area (Å²) in [6.45, 7) is 0.127. The van der Waals surface area contributed by atoms with E-state index in [9.17, 15) is 18.0 Å². The molecule has 2 N–H and O–H groups in total. The average Bonchev–Trinajstić information content (AvgIpc) is 2.67. The fraction of sp³-hybridized carbons (Fsp3) is 0.200. The number of rotatable bonds is 6. The number of hydrogen-bond acceptors (Lipinski definition) is 4. The summed E-state index contributed by atoms with van der Waals surface area (Å²) < 4.78 is 42.4. The van der Waals surface area contributed by atoms with Crippen LogP contribution in [0.25, 0.3) is 10.9 Å². The zero-order valence-electron chi connectivity index (χ0n) is 15.0. The van der Waals surface area contributed by atoms with Crippen molar-refractivity contribution in [1.82, 2.24) is 10.3 Å². The fourth-order valence-electron chi connectivity index (χ4n) is 2.56. The first-order chi connectivity index (χ1) is 13.3. The summed E-state index contributed by atoms with van der Waals surface area (Å²) in [4.78, 5) is 16.0. The van der Waals surface area contributed by atoms with Gasteiger partial charge in [0.25, 0.3) is 0 Å². The molecule has 0 bridgehead atoms. The lowest BCUT2D eigenvalue weighted by molar-refractivity contribution is -0.138. The maximum absolute atomic E-state index is 12.2. The van der Waals surface area contributed by atoms with E-state index in [-0.39, 0.29) is 0 Å². The van der Waals surface area contributed by atoms with Crippen LogP contribution in [0, 0.1) is 0 Å². The summed E-state index contributed by atoms with van der Waals surface area (Å²) in [5, 5.41) is 5.65. The molecular formula is C20H18F3N3O2. The molecule has 1 amide bonds. The van der Waals surface area contributed by atoms with Crippen molar-refractivity contribution in [2.24, 2.45) is 0 Å². The van der Waals surface area contributed by atoms with Crippen molar-refractivity contribution >= 4 is 22.5 Å². The number of ether oxygens (including phenoxy) is 1. The van der Waals surface area contributed by atoms with E-state index >= 15 is 0 Å². The molecule has 28 heavy (non-hydrogen) atoms. The van der Waals surface area contributed by atoms with Crippen molar-refractivity contribution < 1.29 is 22.7 Å². The number of nitrogens with zero attached hydrogens (tertiary/aromatic N) is 1. The van der Waals surface area contributed by atoms with Crippen LogP contribution < -0.4 is 15.4 Å². The second-order valence-electron chi connectivity index (χ2n) is 6.16. The number of aromatic nitrogens is 1. The maximum Gasteiger partial charge on any atom is 0.405 e. The SMILES string of the molecule is CC(Nc1ccc(Oc2cccc3cccnc23)cc1)C(=O)NCC(F)(F)F. The van der Waals surface area contributed by atoms with Gasteiger partial charge in [-0.05, 0) is 43.3 Å². The van der Waals surface area contributed by atoms with E-state index in [1.54, 1.807) is 30.5 Å². The van der Waals surface area contributed by atoms with Crippen LogP contribution in [0.15, 0.2) is 60.8 Å². The predicted molar refractivity (Wildman–Crippen MR) is 100 cm³/mol. The third-order valence-corrected chi connectivity index (χ3v) is 3.92. The summed E-state index contributed by atoms with van der Waals surface area (Å²) in [5.74, 6) is 0.441. The number of alkyl halides is 3. The Morgan fingerprint density at radius 3 is 2.54 bits per heavy atom. The molecule has 0 radical (unpaired) electrons. The van der Waals surface area contributed by atoms with E-state index in [1.165, 1.54) is 6.92 Å². The molecular weight excluding hydrogens is 371 g/mol. The molecule has 0 spiro atoms. The Bertz CT molecular complexity index is 954. The lowest BCUT2D eigenvalue weighted by atomic mass is 10.2. The number of carbonyl (C=O) groups is 1. The van der Waals surface area contributed by atoms with Crippen molar-refractivity contribution in [3.05, 3.63) is 60.8 Å². The molecule has 1 unspecified atom stereocenters. The number of anilines is 1. The van der Waals surface area contributed by atoms with E-state index in [0.29, 0.717) is 17.2 Å². The van der Waals surface area contributed by atoms with E-state index in [4.69, 9.17) is 4.74 Å². The van der Waals surface area contributed by atoms with Gasteiger partial charge < -0.3 is 15.4 Å². The van der Waals surface area contributed by atoms with Gasteiger partial charge in [0.2, 0.25) is 5.91 Å². The van der Waals surface area contributed by atoms with E-state index in [2.05, 4.69) is 10.3 Å². The number of amides is 1. The van der Waals surface area contributed by atoms with E-state index in [1.807, 2.05) is 35.6 Å². The molecule has 0 fully saturated rings. The largest absolute Gasteiger partial charge is 0.455 e. The van der Waals surface area contributed by atoms with Gasteiger partial charge in [0.15, 0.2) is 5.75 Å². The molecule has 1 aromatic heterocycles. The Morgan fingerprint density at radius 2 is 1.82 bits per heavy atom. The van der Waals surface area contributed by atoms with Crippen molar-refractivity contribution in [3.63, 3.8) is 0 Å². The smallest absolute Gasteiger partial charge is 0.405 e. The lowest BCUT2D eigenvalue weighted by Crippen LogP contribution is -2.42. The number of carbonyl (C=O) groups excluding carboxylic acids is 1. The Morgan fingerprint density at radius 1 is 1.11 bits per heavy atom. The number of fused-ring (bicyclic) bond motifs is 1. The van der Waals surface area contributed by atoms with Crippen molar-refractivity contribution in [2.45, 2.75) is 19.1 Å². The number of pyridine rings is 1. The highest BCUT2D eigenvalue weighted by Crippen LogP contribution is 2.29. The second kappa shape index (κ2) is 8.16. The van der Waals surface area contributed by atoms with Gasteiger partial charge in [-0.3, -0.25) is 9.78 Å². The normalized spacial score (nSPS) is 12.4. The van der Waals surface area contributed by atoms with Crippen LogP contribution >= 0.6 is 0 Å². The van der Waals surface area contributed by atoms with Crippen molar-refractivity contribution in [1.29, 1.82) is 0 Å². The average molecular weight is 389 g/mol. The molecule has 0 saturated carbocycles. The molecule has 0 saturated heterocycles. The van der Waals surface area contributed by atoms with Crippen LogP contribution in [-0.4, -0.2) is 29.7 Å². The number of para-hydroxylation sites is 1. The molecule has 1 heterocycles. The lowest BCUT2D eigenvalue weighted by Gasteiger charge is -2.16. The monoisotopic (exact) mass is 389 g/mol. The highest BCUT2D eigenvalue weighted by molar-refractivity contribution is 5.85. The minimum absolute atomic E-state index is 0.567. The molecule has 0 aliphatic rings. The first kappa shape index (κ1) is 19.5.